The zero-order valence-electron chi connectivity index (χ0n) is 7.95. The van der Waals surface area contributed by atoms with Crippen LogP contribution >= 0.6 is 0 Å². The number of phenolic OH excluding ortho intramolecular Hbond substituents is 1. The second-order valence-corrected chi connectivity index (χ2v) is 3.38. The Hall–Kier alpha value is -1.31. The molecule has 0 unspecified atom stereocenters. The molecule has 2 heteroatoms. The van der Waals surface area contributed by atoms with Gasteiger partial charge in [0.15, 0.2) is 0 Å². The summed E-state index contributed by atoms with van der Waals surface area (Å²) in [6.45, 7) is 3.51. The number of Topliss-reactive ketones (excluding diaryl/α,β-unsaturated/α-hetero) is 1. The Morgan fingerprint density at radius 2 is 1.92 bits per heavy atom. The van der Waals surface area contributed by atoms with Gasteiger partial charge in [0.05, 0.1) is 0 Å². The van der Waals surface area contributed by atoms with Crippen LogP contribution in [0.2, 0.25) is 0 Å². The average molecular weight is 178 g/mol. The molecule has 0 aromatic heterocycles. The van der Waals surface area contributed by atoms with Gasteiger partial charge in [-0.2, -0.15) is 0 Å². The molecule has 1 rings (SSSR count). The summed E-state index contributed by atoms with van der Waals surface area (Å²) in [6, 6.07) is 6.97. The van der Waals surface area contributed by atoms with Crippen LogP contribution in [0, 0.1) is 5.92 Å². The standard InChI is InChI=1S/C11H14O2/c1-8(9(2)12)7-10-3-5-11(13)6-4-10/h3-6,8,13H,7H2,1-2H3/t8-/m0/s1. The molecule has 2 nitrogen and oxygen atoms in total. The van der Waals surface area contributed by atoms with Crippen LogP contribution in [0.15, 0.2) is 24.3 Å². The number of aromatic hydroxyl groups is 1. The zero-order valence-corrected chi connectivity index (χ0v) is 7.95. The van der Waals surface area contributed by atoms with E-state index in [2.05, 4.69) is 0 Å². The summed E-state index contributed by atoms with van der Waals surface area (Å²) in [5.41, 5.74) is 1.08. The molecule has 0 saturated carbocycles. The van der Waals surface area contributed by atoms with Crippen LogP contribution < -0.4 is 0 Å². The van der Waals surface area contributed by atoms with Gasteiger partial charge in [-0.1, -0.05) is 19.1 Å². The van der Waals surface area contributed by atoms with Crippen molar-refractivity contribution in [3.63, 3.8) is 0 Å². The number of rotatable bonds is 3. The van der Waals surface area contributed by atoms with Crippen LogP contribution in [0.5, 0.6) is 5.75 Å². The maximum Gasteiger partial charge on any atom is 0.132 e. The minimum Gasteiger partial charge on any atom is -0.508 e. The second kappa shape index (κ2) is 4.08. The van der Waals surface area contributed by atoms with E-state index in [-0.39, 0.29) is 17.5 Å². The van der Waals surface area contributed by atoms with E-state index in [4.69, 9.17) is 5.11 Å². The first-order valence-corrected chi connectivity index (χ1v) is 4.38. The van der Waals surface area contributed by atoms with E-state index in [9.17, 15) is 4.79 Å². The number of carbonyl (C=O) groups excluding carboxylic acids is 1. The minimum atomic E-state index is 0.0598. The lowest BCUT2D eigenvalue weighted by molar-refractivity contribution is -0.120. The van der Waals surface area contributed by atoms with E-state index < -0.39 is 0 Å². The fourth-order valence-electron chi connectivity index (χ4n) is 1.13. The SMILES string of the molecule is CC(=O)[C@@H](C)Cc1ccc(O)cc1. The molecule has 0 saturated heterocycles. The molecule has 0 aliphatic heterocycles. The highest BCUT2D eigenvalue weighted by atomic mass is 16.3. The van der Waals surface area contributed by atoms with Gasteiger partial charge in [0.25, 0.3) is 0 Å². The number of hydrogen-bond donors (Lipinski definition) is 1. The quantitative estimate of drug-likeness (QED) is 0.770. The van der Waals surface area contributed by atoms with Crippen molar-refractivity contribution in [2.75, 3.05) is 0 Å². The number of benzene rings is 1. The predicted octanol–water partition coefficient (Wildman–Crippen LogP) is 2.16. The molecular weight excluding hydrogens is 164 g/mol. The fourth-order valence-corrected chi connectivity index (χ4v) is 1.13. The van der Waals surface area contributed by atoms with Crippen LogP contribution in [-0.2, 0) is 11.2 Å². The van der Waals surface area contributed by atoms with Crippen LogP contribution in [0.25, 0.3) is 0 Å². The third-order valence-electron chi connectivity index (χ3n) is 2.17. The van der Waals surface area contributed by atoms with Crippen LogP contribution in [-0.4, -0.2) is 10.9 Å². The Labute approximate surface area is 78.2 Å². The summed E-state index contributed by atoms with van der Waals surface area (Å²) in [7, 11) is 0. The first-order chi connectivity index (χ1) is 6.09. The molecular formula is C11H14O2. The summed E-state index contributed by atoms with van der Waals surface area (Å²) in [4.78, 5) is 11.0. The lowest BCUT2D eigenvalue weighted by Crippen LogP contribution is -2.09. The van der Waals surface area contributed by atoms with E-state index in [1.807, 2.05) is 19.1 Å². The van der Waals surface area contributed by atoms with Gasteiger partial charge in [-0.3, -0.25) is 4.79 Å². The molecule has 0 aliphatic carbocycles. The zero-order chi connectivity index (χ0) is 9.84. The first kappa shape index (κ1) is 9.78. The summed E-state index contributed by atoms with van der Waals surface area (Å²) in [6.07, 6.45) is 0.746. The van der Waals surface area contributed by atoms with Gasteiger partial charge in [-0.25, -0.2) is 0 Å². The largest absolute Gasteiger partial charge is 0.508 e. The van der Waals surface area contributed by atoms with Crippen LogP contribution in [0.4, 0.5) is 0 Å². The van der Waals surface area contributed by atoms with Gasteiger partial charge in [0.1, 0.15) is 11.5 Å². The summed E-state index contributed by atoms with van der Waals surface area (Å²) < 4.78 is 0. The molecule has 70 valence electrons. The van der Waals surface area contributed by atoms with E-state index in [1.165, 1.54) is 0 Å². The number of ketones is 1. The van der Waals surface area contributed by atoms with E-state index in [0.29, 0.717) is 0 Å². The number of carbonyl (C=O) groups is 1. The highest BCUT2D eigenvalue weighted by Crippen LogP contribution is 2.13. The van der Waals surface area contributed by atoms with Gasteiger partial charge in [0.2, 0.25) is 0 Å². The molecule has 13 heavy (non-hydrogen) atoms. The van der Waals surface area contributed by atoms with E-state index in [0.717, 1.165) is 12.0 Å². The smallest absolute Gasteiger partial charge is 0.132 e. The molecule has 1 atom stereocenters. The molecule has 0 spiro atoms. The highest BCUT2D eigenvalue weighted by molar-refractivity contribution is 5.78. The molecule has 0 heterocycles. The van der Waals surface area contributed by atoms with Crippen molar-refractivity contribution in [3.05, 3.63) is 29.8 Å². The van der Waals surface area contributed by atoms with Crippen molar-refractivity contribution < 1.29 is 9.90 Å². The van der Waals surface area contributed by atoms with Crippen molar-refractivity contribution in [1.82, 2.24) is 0 Å². The molecule has 1 aromatic rings. The highest BCUT2D eigenvalue weighted by Gasteiger charge is 2.07. The van der Waals surface area contributed by atoms with Crippen LogP contribution in [0.3, 0.4) is 0 Å². The van der Waals surface area contributed by atoms with E-state index >= 15 is 0 Å². The molecule has 0 radical (unpaired) electrons. The first-order valence-electron chi connectivity index (χ1n) is 4.38. The van der Waals surface area contributed by atoms with Crippen molar-refractivity contribution in [1.29, 1.82) is 0 Å². The molecule has 0 fully saturated rings. The molecule has 0 aliphatic rings. The molecule has 0 amide bonds. The van der Waals surface area contributed by atoms with Gasteiger partial charge in [0, 0.05) is 5.92 Å². The van der Waals surface area contributed by atoms with Crippen LogP contribution in [0.1, 0.15) is 19.4 Å². The Kier molecular flexibility index (Phi) is 3.07. The predicted molar refractivity (Wildman–Crippen MR) is 51.7 cm³/mol. The maximum absolute atomic E-state index is 11.0. The normalized spacial score (nSPS) is 12.5. The lowest BCUT2D eigenvalue weighted by atomic mass is 9.98. The Morgan fingerprint density at radius 1 is 1.38 bits per heavy atom. The summed E-state index contributed by atoms with van der Waals surface area (Å²) >= 11 is 0. The van der Waals surface area contributed by atoms with Crippen molar-refractivity contribution in [3.8, 4) is 5.75 Å². The Morgan fingerprint density at radius 3 is 2.38 bits per heavy atom. The van der Waals surface area contributed by atoms with Crippen molar-refractivity contribution in [2.24, 2.45) is 5.92 Å². The molecule has 1 aromatic carbocycles. The maximum atomic E-state index is 11.0. The summed E-state index contributed by atoms with van der Waals surface area (Å²) in [5.74, 6) is 0.525. The number of hydrogen-bond acceptors (Lipinski definition) is 2. The Balaban J connectivity index is 2.64. The van der Waals surface area contributed by atoms with Gasteiger partial charge in [-0.15, -0.1) is 0 Å². The monoisotopic (exact) mass is 178 g/mol. The Bertz CT molecular complexity index is 287. The topological polar surface area (TPSA) is 37.3 Å². The lowest BCUT2D eigenvalue weighted by Gasteiger charge is -2.06. The molecule has 1 N–H and O–H groups in total. The van der Waals surface area contributed by atoms with Gasteiger partial charge >= 0.3 is 0 Å². The third-order valence-corrected chi connectivity index (χ3v) is 2.17. The van der Waals surface area contributed by atoms with Crippen molar-refractivity contribution in [2.45, 2.75) is 20.3 Å². The van der Waals surface area contributed by atoms with Gasteiger partial charge < -0.3 is 5.11 Å². The van der Waals surface area contributed by atoms with Gasteiger partial charge in [-0.05, 0) is 31.0 Å². The van der Waals surface area contributed by atoms with E-state index in [1.54, 1.807) is 19.1 Å². The minimum absolute atomic E-state index is 0.0598. The second-order valence-electron chi connectivity index (χ2n) is 3.38. The van der Waals surface area contributed by atoms with Crippen molar-refractivity contribution >= 4 is 5.78 Å². The summed E-state index contributed by atoms with van der Waals surface area (Å²) in [5, 5.41) is 9.03. The third kappa shape index (κ3) is 2.90. The molecule has 0 bridgehead atoms. The fraction of sp³-hybridized carbons (Fsp3) is 0.364. The average Bonchev–Trinajstić information content (AvgIpc) is 2.08. The number of phenols is 1.